The molecule has 0 spiro atoms. The van der Waals surface area contributed by atoms with Crippen LogP contribution in [0.4, 0.5) is 19.0 Å². The molecule has 2 aromatic rings. The van der Waals surface area contributed by atoms with Crippen molar-refractivity contribution in [2.24, 2.45) is 10.7 Å². The molecule has 140 valence electrons. The van der Waals surface area contributed by atoms with Crippen LogP contribution in [0.3, 0.4) is 0 Å². The molecule has 1 aromatic heterocycles. The number of aromatic amines is 1. The predicted octanol–water partition coefficient (Wildman–Crippen LogP) is 1.51. The number of aliphatic imine (C=N–C) groups is 1. The zero-order chi connectivity index (χ0) is 19.2. The normalized spacial score (nSPS) is 21.8. The number of nitrogens with one attached hydrogen (secondary N) is 3. The zero-order valence-electron chi connectivity index (χ0n) is 13.6. The van der Waals surface area contributed by atoms with E-state index in [4.69, 9.17) is 5.73 Å². The Morgan fingerprint density at radius 3 is 2.38 bits per heavy atom. The molecule has 0 aliphatic carbocycles. The molecule has 7 nitrogen and oxygen atoms in total. The largest absolute Gasteiger partial charge is 0.408 e. The number of amidine groups is 1. The molecule has 1 aliphatic heterocycles. The van der Waals surface area contributed by atoms with Gasteiger partial charge in [-0.2, -0.15) is 13.2 Å². The monoisotopic (exact) mass is 387 g/mol. The van der Waals surface area contributed by atoms with Crippen molar-refractivity contribution in [1.29, 1.82) is 0 Å². The fourth-order valence-electron chi connectivity index (χ4n) is 2.56. The predicted molar refractivity (Wildman–Crippen MR) is 90.4 cm³/mol. The number of hydrogen-bond acceptors (Lipinski definition) is 5. The summed E-state index contributed by atoms with van der Waals surface area (Å²) in [5, 5.41) is 5.72. The highest BCUT2D eigenvalue weighted by molar-refractivity contribution is 7.90. The van der Waals surface area contributed by atoms with Gasteiger partial charge in [-0.25, -0.2) is 8.42 Å². The van der Waals surface area contributed by atoms with Crippen LogP contribution in [0.15, 0.2) is 46.4 Å². The third kappa shape index (κ3) is 3.68. The molecule has 1 aromatic carbocycles. The van der Waals surface area contributed by atoms with Crippen molar-refractivity contribution in [1.82, 2.24) is 10.3 Å². The standard InChI is InChI=1S/C15H16F3N5O2S/c1-26(24,25)10-4-2-9(3-5-10)15(19)22-12-11(6-7-20-12)13(23-15)21-8-14(16,17)18/h2-7,20,22H,8,19H2,1H3,(H,21,23). The fourth-order valence-corrected chi connectivity index (χ4v) is 3.19. The van der Waals surface area contributed by atoms with Gasteiger partial charge in [0.25, 0.3) is 0 Å². The second-order valence-corrected chi connectivity index (χ2v) is 7.92. The summed E-state index contributed by atoms with van der Waals surface area (Å²) in [4.78, 5) is 6.55. The van der Waals surface area contributed by atoms with Crippen molar-refractivity contribution in [3.8, 4) is 0 Å². The Morgan fingerprint density at radius 2 is 1.81 bits per heavy atom. The summed E-state index contributed by atoms with van der Waals surface area (Å²) in [6.07, 6.45) is -1.84. The Balaban J connectivity index is 1.98. The number of anilines is 1. The summed E-state index contributed by atoms with van der Waals surface area (Å²) in [6, 6.07) is 7.27. The number of alkyl halides is 3. The quantitative estimate of drug-likeness (QED) is 0.638. The number of aromatic nitrogens is 1. The van der Waals surface area contributed by atoms with E-state index in [-0.39, 0.29) is 10.7 Å². The summed E-state index contributed by atoms with van der Waals surface area (Å²) < 4.78 is 60.7. The Hall–Kier alpha value is -2.53. The first kappa shape index (κ1) is 18.3. The number of rotatable bonds is 3. The summed E-state index contributed by atoms with van der Waals surface area (Å²) in [6.45, 7) is -1.36. The fraction of sp³-hybridized carbons (Fsp3) is 0.267. The highest BCUT2D eigenvalue weighted by Gasteiger charge is 2.36. The average molecular weight is 387 g/mol. The van der Waals surface area contributed by atoms with Gasteiger partial charge in [0, 0.05) is 18.0 Å². The molecule has 0 bridgehead atoms. The number of hydrogen-bond donors (Lipinski definition) is 4. The third-order valence-corrected chi connectivity index (χ3v) is 4.92. The molecule has 0 saturated carbocycles. The van der Waals surface area contributed by atoms with Gasteiger partial charge in [0.1, 0.15) is 18.2 Å². The van der Waals surface area contributed by atoms with Crippen LogP contribution in [0.25, 0.3) is 0 Å². The van der Waals surface area contributed by atoms with E-state index in [0.29, 0.717) is 16.9 Å². The van der Waals surface area contributed by atoms with E-state index in [1.54, 1.807) is 12.3 Å². The molecule has 0 amide bonds. The number of H-pyrrole nitrogens is 1. The maximum atomic E-state index is 12.5. The highest BCUT2D eigenvalue weighted by atomic mass is 32.2. The van der Waals surface area contributed by atoms with Gasteiger partial charge >= 0.3 is 6.18 Å². The van der Waals surface area contributed by atoms with Gasteiger partial charge in [-0.05, 0) is 18.2 Å². The van der Waals surface area contributed by atoms with Gasteiger partial charge in [0.15, 0.2) is 15.6 Å². The lowest BCUT2D eigenvalue weighted by atomic mass is 10.0. The first-order valence-corrected chi connectivity index (χ1v) is 9.32. The molecule has 26 heavy (non-hydrogen) atoms. The minimum Gasteiger partial charge on any atom is -0.348 e. The molecule has 0 fully saturated rings. The van der Waals surface area contributed by atoms with Gasteiger partial charge in [-0.15, -0.1) is 0 Å². The van der Waals surface area contributed by atoms with Crippen LogP contribution < -0.4 is 16.4 Å². The van der Waals surface area contributed by atoms with E-state index in [2.05, 4.69) is 20.6 Å². The molecule has 2 heterocycles. The lowest BCUT2D eigenvalue weighted by Gasteiger charge is -2.38. The van der Waals surface area contributed by atoms with E-state index in [0.717, 1.165) is 6.26 Å². The molecule has 1 unspecified atom stereocenters. The number of fused-ring (bicyclic) bond motifs is 1. The van der Waals surface area contributed by atoms with Crippen molar-refractivity contribution in [2.75, 3.05) is 18.1 Å². The van der Waals surface area contributed by atoms with Crippen LogP contribution in [0.1, 0.15) is 11.1 Å². The molecule has 1 atom stereocenters. The first-order chi connectivity index (χ1) is 12.0. The molecule has 11 heteroatoms. The average Bonchev–Trinajstić information content (AvgIpc) is 2.99. The SMILES string of the molecule is CS(=O)(=O)c1ccc(C2(N)NC(=NCC(F)(F)F)c3cc[nH]c3N2)cc1. The van der Waals surface area contributed by atoms with Crippen LogP contribution in [-0.2, 0) is 15.6 Å². The van der Waals surface area contributed by atoms with Gasteiger partial charge in [-0.1, -0.05) is 12.1 Å². The molecular formula is C15H16F3N5O2S. The maximum Gasteiger partial charge on any atom is 0.408 e. The van der Waals surface area contributed by atoms with Crippen molar-refractivity contribution in [3.05, 3.63) is 47.7 Å². The van der Waals surface area contributed by atoms with Crippen LogP contribution in [0, 0.1) is 0 Å². The molecule has 3 rings (SSSR count). The van der Waals surface area contributed by atoms with Gasteiger partial charge < -0.3 is 15.6 Å². The number of sulfone groups is 1. The van der Waals surface area contributed by atoms with Gasteiger partial charge in [0.05, 0.1) is 10.5 Å². The lowest BCUT2D eigenvalue weighted by Crippen LogP contribution is -2.61. The van der Waals surface area contributed by atoms with Gasteiger partial charge in [-0.3, -0.25) is 10.7 Å². The minimum absolute atomic E-state index is 0.0213. The Bertz CT molecular complexity index is 950. The van der Waals surface area contributed by atoms with Crippen molar-refractivity contribution in [2.45, 2.75) is 16.9 Å². The Morgan fingerprint density at radius 1 is 1.15 bits per heavy atom. The smallest absolute Gasteiger partial charge is 0.348 e. The zero-order valence-corrected chi connectivity index (χ0v) is 14.4. The van der Waals surface area contributed by atoms with E-state index in [1.165, 1.54) is 24.3 Å². The second-order valence-electron chi connectivity index (χ2n) is 5.90. The van der Waals surface area contributed by atoms with Crippen LogP contribution >= 0.6 is 0 Å². The molecule has 1 aliphatic rings. The van der Waals surface area contributed by atoms with Crippen LogP contribution in [0.5, 0.6) is 0 Å². The minimum atomic E-state index is -4.45. The second kappa shape index (κ2) is 6.02. The number of benzene rings is 1. The van der Waals surface area contributed by atoms with E-state index in [1.807, 2.05) is 0 Å². The van der Waals surface area contributed by atoms with Crippen molar-refractivity contribution < 1.29 is 21.6 Å². The van der Waals surface area contributed by atoms with Crippen LogP contribution in [-0.4, -0.2) is 38.2 Å². The maximum absolute atomic E-state index is 12.5. The lowest BCUT2D eigenvalue weighted by molar-refractivity contribution is -0.118. The van der Waals surface area contributed by atoms with E-state index >= 15 is 0 Å². The molecule has 5 N–H and O–H groups in total. The highest BCUT2D eigenvalue weighted by Crippen LogP contribution is 2.28. The molecule has 0 radical (unpaired) electrons. The van der Waals surface area contributed by atoms with Gasteiger partial charge in [0.2, 0.25) is 0 Å². The topological polar surface area (TPSA) is 112 Å². The van der Waals surface area contributed by atoms with E-state index < -0.39 is 28.3 Å². The summed E-state index contributed by atoms with van der Waals surface area (Å²) in [5.41, 5.74) is 7.13. The summed E-state index contributed by atoms with van der Waals surface area (Å²) >= 11 is 0. The molecular weight excluding hydrogens is 371 g/mol. The van der Waals surface area contributed by atoms with Crippen LogP contribution in [0.2, 0.25) is 0 Å². The summed E-state index contributed by atoms with van der Waals surface area (Å²) in [7, 11) is -3.38. The van der Waals surface area contributed by atoms with Crippen molar-refractivity contribution >= 4 is 21.5 Å². The Labute approximate surface area is 147 Å². The number of nitrogens with zero attached hydrogens (tertiary/aromatic N) is 1. The van der Waals surface area contributed by atoms with E-state index in [9.17, 15) is 21.6 Å². The third-order valence-electron chi connectivity index (χ3n) is 3.79. The summed E-state index contributed by atoms with van der Waals surface area (Å²) in [5.74, 6) is -1.09. The van der Waals surface area contributed by atoms with Crippen molar-refractivity contribution in [3.63, 3.8) is 0 Å². The number of nitrogens with two attached hydrogens (primary N) is 1. The number of halogens is 3. The Kier molecular flexibility index (Phi) is 4.23. The molecule has 0 saturated heterocycles. The first-order valence-electron chi connectivity index (χ1n) is 7.43.